The van der Waals surface area contributed by atoms with Gasteiger partial charge in [-0.25, -0.2) is 8.42 Å². The Labute approximate surface area is 163 Å². The maximum Gasteiger partial charge on any atom is 0.246 e. The van der Waals surface area contributed by atoms with Gasteiger partial charge in [0.1, 0.15) is 6.61 Å². The van der Waals surface area contributed by atoms with Gasteiger partial charge in [-0.1, -0.05) is 57.5 Å². The van der Waals surface area contributed by atoms with E-state index in [0.29, 0.717) is 17.8 Å². The number of carbonyl (C=O) groups is 1. The number of ether oxygens (including phenoxy) is 1. The summed E-state index contributed by atoms with van der Waals surface area (Å²) in [6.07, 6.45) is 3.46. The second kappa shape index (κ2) is 10.2. The van der Waals surface area contributed by atoms with Gasteiger partial charge >= 0.3 is 0 Å². The van der Waals surface area contributed by atoms with Gasteiger partial charge in [0.25, 0.3) is 0 Å². The average molecular weight is 396 g/mol. The fraction of sp³-hybridized carbons (Fsp3) is 0.667. The number of rotatable bonds is 9. The van der Waals surface area contributed by atoms with E-state index in [-0.39, 0.29) is 36.7 Å². The number of nitrogens with one attached hydrogen (secondary N) is 1. The molecule has 1 aromatic rings. The van der Waals surface area contributed by atoms with Gasteiger partial charge in [-0.15, -0.1) is 0 Å². The van der Waals surface area contributed by atoms with E-state index in [4.69, 9.17) is 4.74 Å². The molecule has 0 aliphatic heterocycles. The van der Waals surface area contributed by atoms with Crippen LogP contribution in [0, 0.1) is 17.8 Å². The fourth-order valence-electron chi connectivity index (χ4n) is 3.79. The van der Waals surface area contributed by atoms with Gasteiger partial charge in [-0.3, -0.25) is 4.79 Å². The van der Waals surface area contributed by atoms with Gasteiger partial charge < -0.3 is 10.1 Å². The Hall–Kier alpha value is -1.40. The van der Waals surface area contributed by atoms with E-state index in [9.17, 15) is 13.2 Å². The van der Waals surface area contributed by atoms with Crippen molar-refractivity contribution >= 4 is 15.7 Å². The first-order valence-corrected chi connectivity index (χ1v) is 11.7. The van der Waals surface area contributed by atoms with E-state index >= 15 is 0 Å². The predicted octanol–water partition coefficient (Wildman–Crippen LogP) is 3.20. The largest absolute Gasteiger partial charge is 0.368 e. The maximum absolute atomic E-state index is 12.2. The van der Waals surface area contributed by atoms with Crippen LogP contribution in [-0.4, -0.2) is 39.3 Å². The van der Waals surface area contributed by atoms with Gasteiger partial charge in [-0.05, 0) is 36.2 Å². The second-order valence-corrected chi connectivity index (χ2v) is 10.3. The van der Waals surface area contributed by atoms with Crippen LogP contribution >= 0.6 is 0 Å². The van der Waals surface area contributed by atoms with Crippen molar-refractivity contribution in [3.05, 3.63) is 35.9 Å². The van der Waals surface area contributed by atoms with Crippen molar-refractivity contribution in [2.75, 3.05) is 18.9 Å². The molecular formula is C21H33NO4S. The summed E-state index contributed by atoms with van der Waals surface area (Å²) in [5, 5.41) is 2.68. The first-order chi connectivity index (χ1) is 12.8. The minimum absolute atomic E-state index is 0.000655. The van der Waals surface area contributed by atoms with Crippen LogP contribution in [0.4, 0.5) is 0 Å². The molecule has 6 heteroatoms. The molecule has 1 aliphatic carbocycles. The van der Waals surface area contributed by atoms with Crippen LogP contribution < -0.4 is 5.32 Å². The molecule has 2 rings (SSSR count). The van der Waals surface area contributed by atoms with Gasteiger partial charge in [0.2, 0.25) is 5.91 Å². The van der Waals surface area contributed by atoms with Crippen molar-refractivity contribution in [3.63, 3.8) is 0 Å². The molecule has 1 saturated carbocycles. The normalized spacial score (nSPS) is 23.3. The number of hydrogen-bond acceptors (Lipinski definition) is 4. The zero-order valence-corrected chi connectivity index (χ0v) is 17.5. The Bertz CT molecular complexity index is 687. The first-order valence-electron chi connectivity index (χ1n) is 9.89. The summed E-state index contributed by atoms with van der Waals surface area (Å²) in [4.78, 5) is 12.1. The smallest absolute Gasteiger partial charge is 0.246 e. The van der Waals surface area contributed by atoms with Crippen LogP contribution in [-0.2, 0) is 25.1 Å². The van der Waals surface area contributed by atoms with Crippen molar-refractivity contribution in [2.45, 2.75) is 51.9 Å². The van der Waals surface area contributed by atoms with Crippen molar-refractivity contribution in [1.82, 2.24) is 5.32 Å². The lowest BCUT2D eigenvalue weighted by Gasteiger charge is -2.37. The van der Waals surface area contributed by atoms with Crippen LogP contribution in [0.5, 0.6) is 0 Å². The summed E-state index contributed by atoms with van der Waals surface area (Å²) in [7, 11) is -3.25. The van der Waals surface area contributed by atoms with Gasteiger partial charge in [0.05, 0.1) is 17.6 Å². The van der Waals surface area contributed by atoms with Gasteiger partial charge in [0.15, 0.2) is 9.84 Å². The van der Waals surface area contributed by atoms with E-state index < -0.39 is 9.84 Å². The third-order valence-electron chi connectivity index (χ3n) is 5.35. The van der Waals surface area contributed by atoms with E-state index in [2.05, 4.69) is 26.1 Å². The van der Waals surface area contributed by atoms with Crippen LogP contribution in [0.2, 0.25) is 0 Å². The second-order valence-electron chi connectivity index (χ2n) is 8.10. The van der Waals surface area contributed by atoms with Crippen LogP contribution in [0.15, 0.2) is 30.3 Å². The van der Waals surface area contributed by atoms with E-state index in [1.54, 1.807) is 12.1 Å². The summed E-state index contributed by atoms with van der Waals surface area (Å²) in [6.45, 7) is 6.75. The van der Waals surface area contributed by atoms with E-state index in [0.717, 1.165) is 18.4 Å². The number of sulfone groups is 1. The molecule has 1 fully saturated rings. The molecule has 152 valence electrons. The minimum atomic E-state index is -3.25. The highest BCUT2D eigenvalue weighted by atomic mass is 32.2. The average Bonchev–Trinajstić information content (AvgIpc) is 2.60. The molecule has 0 bridgehead atoms. The predicted molar refractivity (Wildman–Crippen MR) is 108 cm³/mol. The third kappa shape index (κ3) is 7.62. The highest BCUT2D eigenvalue weighted by Gasteiger charge is 2.31. The number of carbonyl (C=O) groups excluding carboxylic acids is 1. The van der Waals surface area contributed by atoms with Crippen molar-refractivity contribution in [3.8, 4) is 0 Å². The molecule has 27 heavy (non-hydrogen) atoms. The molecular weight excluding hydrogens is 362 g/mol. The lowest BCUT2D eigenvalue weighted by molar-refractivity contribution is -0.131. The Morgan fingerprint density at radius 1 is 1.22 bits per heavy atom. The molecule has 0 spiro atoms. The molecule has 3 unspecified atom stereocenters. The summed E-state index contributed by atoms with van der Waals surface area (Å²) >= 11 is 0. The van der Waals surface area contributed by atoms with Gasteiger partial charge in [0, 0.05) is 6.54 Å². The zero-order valence-electron chi connectivity index (χ0n) is 16.7. The standard InChI is InChI=1S/C21H33NO4S/c1-16(2)19-10-9-17(3)13-20(19)26-14-21(23)22-11-12-27(24,25)15-18-7-5-4-6-8-18/h4-8,16-17,19-20H,9-15H2,1-3H3,(H,22,23). The third-order valence-corrected chi connectivity index (χ3v) is 6.95. The molecule has 3 atom stereocenters. The Morgan fingerprint density at radius 3 is 2.59 bits per heavy atom. The molecule has 0 radical (unpaired) electrons. The molecule has 1 amide bonds. The molecule has 5 nitrogen and oxygen atoms in total. The lowest BCUT2D eigenvalue weighted by Crippen LogP contribution is -2.38. The molecule has 1 N–H and O–H groups in total. The quantitative estimate of drug-likeness (QED) is 0.697. The van der Waals surface area contributed by atoms with E-state index in [1.165, 1.54) is 6.42 Å². The maximum atomic E-state index is 12.2. The van der Waals surface area contributed by atoms with Crippen molar-refractivity contribution < 1.29 is 17.9 Å². The number of hydrogen-bond donors (Lipinski definition) is 1. The fourth-order valence-corrected chi connectivity index (χ4v) is 5.04. The molecule has 0 heterocycles. The first kappa shape index (κ1) is 21.9. The Balaban J connectivity index is 1.72. The zero-order chi connectivity index (χ0) is 19.9. The Kier molecular flexibility index (Phi) is 8.29. The van der Waals surface area contributed by atoms with E-state index in [1.807, 2.05) is 18.2 Å². The summed E-state index contributed by atoms with van der Waals surface area (Å²) < 4.78 is 30.2. The highest BCUT2D eigenvalue weighted by molar-refractivity contribution is 7.90. The minimum Gasteiger partial charge on any atom is -0.368 e. The summed E-state index contributed by atoms with van der Waals surface area (Å²) in [5.41, 5.74) is 0.762. The molecule has 0 saturated heterocycles. The monoisotopic (exact) mass is 395 g/mol. The molecule has 1 aromatic carbocycles. The lowest BCUT2D eigenvalue weighted by atomic mass is 9.75. The van der Waals surface area contributed by atoms with Crippen LogP contribution in [0.25, 0.3) is 0 Å². The molecule has 0 aromatic heterocycles. The van der Waals surface area contributed by atoms with Crippen LogP contribution in [0.1, 0.15) is 45.6 Å². The van der Waals surface area contributed by atoms with Crippen molar-refractivity contribution in [1.29, 1.82) is 0 Å². The van der Waals surface area contributed by atoms with Crippen LogP contribution in [0.3, 0.4) is 0 Å². The Morgan fingerprint density at radius 2 is 1.93 bits per heavy atom. The number of amides is 1. The highest BCUT2D eigenvalue weighted by Crippen LogP contribution is 2.35. The summed E-state index contributed by atoms with van der Waals surface area (Å²) in [6, 6.07) is 9.08. The summed E-state index contributed by atoms with van der Waals surface area (Å²) in [5.74, 6) is 1.33. The topological polar surface area (TPSA) is 72.5 Å². The van der Waals surface area contributed by atoms with Gasteiger partial charge in [-0.2, -0.15) is 0 Å². The number of benzene rings is 1. The van der Waals surface area contributed by atoms with Crippen molar-refractivity contribution in [2.24, 2.45) is 17.8 Å². The molecule has 1 aliphatic rings. The SMILES string of the molecule is CC1CCC(C(C)C)C(OCC(=O)NCCS(=O)(=O)Cc2ccccc2)C1.